The number of halogens is 3. The minimum Gasteiger partial charge on any atom is -0.469 e. The molecule has 0 bridgehead atoms. The summed E-state index contributed by atoms with van der Waals surface area (Å²) in [5.41, 5.74) is 0.425. The summed E-state index contributed by atoms with van der Waals surface area (Å²) in [6.45, 7) is 1.60. The number of rotatable bonds is 3. The van der Waals surface area contributed by atoms with Crippen LogP contribution in [0.1, 0.15) is 30.3 Å². The maximum atomic E-state index is 11.8. The molecule has 1 N–H and O–H groups in total. The van der Waals surface area contributed by atoms with Crippen molar-refractivity contribution in [3.63, 3.8) is 0 Å². The Bertz CT molecular complexity index is 290. The van der Waals surface area contributed by atoms with Gasteiger partial charge in [-0.2, -0.15) is 13.2 Å². The van der Waals surface area contributed by atoms with Gasteiger partial charge in [0.25, 0.3) is 0 Å². The summed E-state index contributed by atoms with van der Waals surface area (Å²) in [4.78, 5) is 0. The molecule has 0 radical (unpaired) electrons. The summed E-state index contributed by atoms with van der Waals surface area (Å²) in [6, 6.07) is 1.48. The van der Waals surface area contributed by atoms with Crippen molar-refractivity contribution in [3.8, 4) is 0 Å². The highest BCUT2D eigenvalue weighted by Crippen LogP contribution is 2.28. The van der Waals surface area contributed by atoms with Crippen molar-refractivity contribution in [1.29, 1.82) is 0 Å². The first kappa shape index (κ1) is 11.1. The summed E-state index contributed by atoms with van der Waals surface area (Å²) >= 11 is 0. The van der Waals surface area contributed by atoms with Gasteiger partial charge in [-0.1, -0.05) is 0 Å². The molecule has 0 spiro atoms. The van der Waals surface area contributed by atoms with Crippen molar-refractivity contribution in [2.24, 2.45) is 0 Å². The molecule has 0 saturated heterocycles. The van der Waals surface area contributed by atoms with Gasteiger partial charge in [0, 0.05) is 12.0 Å². The highest BCUT2D eigenvalue weighted by molar-refractivity contribution is 5.18. The van der Waals surface area contributed by atoms with Crippen molar-refractivity contribution in [3.05, 3.63) is 23.7 Å². The molecule has 0 aliphatic rings. The SMILES string of the molecule is Cc1occc1C(O)CCC(F)(F)F. The molecule has 0 aliphatic carbocycles. The van der Waals surface area contributed by atoms with Gasteiger partial charge < -0.3 is 9.52 Å². The molecule has 0 aromatic carbocycles. The topological polar surface area (TPSA) is 33.4 Å². The third kappa shape index (κ3) is 3.06. The highest BCUT2D eigenvalue weighted by Gasteiger charge is 2.28. The average Bonchev–Trinajstić information content (AvgIpc) is 2.46. The Morgan fingerprint density at radius 3 is 2.57 bits per heavy atom. The lowest BCUT2D eigenvalue weighted by atomic mass is 10.1. The number of aliphatic hydroxyl groups is 1. The first-order valence-electron chi connectivity index (χ1n) is 4.19. The van der Waals surface area contributed by atoms with Crippen LogP contribution in [-0.4, -0.2) is 11.3 Å². The van der Waals surface area contributed by atoms with Crippen LogP contribution >= 0.6 is 0 Å². The number of hydrogen-bond acceptors (Lipinski definition) is 2. The van der Waals surface area contributed by atoms with Gasteiger partial charge in [0.1, 0.15) is 5.76 Å². The first-order valence-corrected chi connectivity index (χ1v) is 4.19. The quantitative estimate of drug-likeness (QED) is 0.828. The maximum Gasteiger partial charge on any atom is 0.389 e. The van der Waals surface area contributed by atoms with Gasteiger partial charge in [-0.25, -0.2) is 0 Å². The van der Waals surface area contributed by atoms with E-state index in [1.54, 1.807) is 6.92 Å². The zero-order chi connectivity index (χ0) is 10.8. The van der Waals surface area contributed by atoms with Gasteiger partial charge >= 0.3 is 6.18 Å². The van der Waals surface area contributed by atoms with Crippen LogP contribution in [0.25, 0.3) is 0 Å². The zero-order valence-electron chi connectivity index (χ0n) is 7.64. The predicted octanol–water partition coefficient (Wildman–Crippen LogP) is 2.96. The fourth-order valence-electron chi connectivity index (χ4n) is 1.20. The van der Waals surface area contributed by atoms with E-state index in [1.165, 1.54) is 12.3 Å². The lowest BCUT2D eigenvalue weighted by Gasteiger charge is -2.11. The molecule has 1 rings (SSSR count). The Hall–Kier alpha value is -0.970. The second-order valence-corrected chi connectivity index (χ2v) is 3.10. The van der Waals surface area contributed by atoms with E-state index < -0.39 is 18.7 Å². The predicted molar refractivity (Wildman–Crippen MR) is 43.7 cm³/mol. The molecular formula is C9H11F3O2. The van der Waals surface area contributed by atoms with Crippen molar-refractivity contribution in [2.75, 3.05) is 0 Å². The highest BCUT2D eigenvalue weighted by atomic mass is 19.4. The Morgan fingerprint density at radius 2 is 2.14 bits per heavy atom. The molecule has 0 amide bonds. The van der Waals surface area contributed by atoms with Gasteiger partial charge in [-0.05, 0) is 19.4 Å². The molecule has 80 valence electrons. The van der Waals surface area contributed by atoms with E-state index in [1.807, 2.05) is 0 Å². The molecular weight excluding hydrogens is 197 g/mol. The molecule has 1 aromatic rings. The second kappa shape index (κ2) is 4.04. The maximum absolute atomic E-state index is 11.8. The molecule has 2 nitrogen and oxygen atoms in total. The monoisotopic (exact) mass is 208 g/mol. The van der Waals surface area contributed by atoms with Crippen molar-refractivity contribution >= 4 is 0 Å². The van der Waals surface area contributed by atoms with E-state index in [0.29, 0.717) is 11.3 Å². The molecule has 14 heavy (non-hydrogen) atoms. The van der Waals surface area contributed by atoms with Crippen LogP contribution in [0.2, 0.25) is 0 Å². The molecule has 1 unspecified atom stereocenters. The smallest absolute Gasteiger partial charge is 0.389 e. The van der Waals surface area contributed by atoms with Crippen LogP contribution in [0.3, 0.4) is 0 Å². The third-order valence-corrected chi connectivity index (χ3v) is 1.96. The van der Waals surface area contributed by atoms with E-state index >= 15 is 0 Å². The van der Waals surface area contributed by atoms with Gasteiger partial charge in [0.2, 0.25) is 0 Å². The number of furan rings is 1. The van der Waals surface area contributed by atoms with Crippen molar-refractivity contribution in [1.82, 2.24) is 0 Å². The fourth-order valence-corrected chi connectivity index (χ4v) is 1.20. The minimum absolute atomic E-state index is 0.329. The van der Waals surface area contributed by atoms with Crippen LogP contribution in [0.4, 0.5) is 13.2 Å². The van der Waals surface area contributed by atoms with E-state index in [-0.39, 0.29) is 6.42 Å². The van der Waals surface area contributed by atoms with E-state index in [4.69, 9.17) is 4.42 Å². The molecule has 1 atom stereocenters. The molecule has 1 heterocycles. The fraction of sp³-hybridized carbons (Fsp3) is 0.556. The van der Waals surface area contributed by atoms with Gasteiger partial charge in [-0.3, -0.25) is 0 Å². The molecule has 1 aromatic heterocycles. The van der Waals surface area contributed by atoms with Crippen LogP contribution in [0.5, 0.6) is 0 Å². The molecule has 0 saturated carbocycles. The van der Waals surface area contributed by atoms with Crippen LogP contribution in [0, 0.1) is 6.92 Å². The molecule has 5 heteroatoms. The standard InChI is InChI=1S/C9H11F3O2/c1-6-7(3-5-14-6)8(13)2-4-9(10,11)12/h3,5,8,13H,2,4H2,1H3. The van der Waals surface area contributed by atoms with E-state index in [2.05, 4.69) is 0 Å². The molecule has 0 aliphatic heterocycles. The van der Waals surface area contributed by atoms with Gasteiger partial charge in [0.15, 0.2) is 0 Å². The third-order valence-electron chi connectivity index (χ3n) is 1.96. The molecule has 0 fully saturated rings. The summed E-state index contributed by atoms with van der Waals surface area (Å²) < 4.78 is 40.3. The minimum atomic E-state index is -4.22. The number of aliphatic hydroxyl groups excluding tert-OH is 1. The zero-order valence-corrected chi connectivity index (χ0v) is 7.64. The Labute approximate surface area is 79.3 Å². The van der Waals surface area contributed by atoms with Crippen molar-refractivity contribution < 1.29 is 22.7 Å². The second-order valence-electron chi connectivity index (χ2n) is 3.10. The Morgan fingerprint density at radius 1 is 1.50 bits per heavy atom. The van der Waals surface area contributed by atoms with E-state index in [0.717, 1.165) is 0 Å². The number of hydrogen-bond donors (Lipinski definition) is 1. The summed E-state index contributed by atoms with van der Waals surface area (Å²) in [7, 11) is 0. The lowest BCUT2D eigenvalue weighted by molar-refractivity contribution is -0.140. The first-order chi connectivity index (χ1) is 6.40. The average molecular weight is 208 g/mol. The normalized spacial score (nSPS) is 14.4. The van der Waals surface area contributed by atoms with Crippen LogP contribution in [-0.2, 0) is 0 Å². The van der Waals surface area contributed by atoms with E-state index in [9.17, 15) is 18.3 Å². The number of aryl methyl sites for hydroxylation is 1. The summed E-state index contributed by atoms with van der Waals surface area (Å²) in [5, 5.41) is 9.39. The summed E-state index contributed by atoms with van der Waals surface area (Å²) in [6.07, 6.45) is -5.29. The summed E-state index contributed by atoms with van der Waals surface area (Å²) in [5.74, 6) is 0.458. The number of alkyl halides is 3. The Balaban J connectivity index is 2.51. The van der Waals surface area contributed by atoms with Crippen LogP contribution < -0.4 is 0 Å². The largest absolute Gasteiger partial charge is 0.469 e. The van der Waals surface area contributed by atoms with Crippen LogP contribution in [0.15, 0.2) is 16.7 Å². The van der Waals surface area contributed by atoms with Gasteiger partial charge in [0.05, 0.1) is 12.4 Å². The van der Waals surface area contributed by atoms with Crippen molar-refractivity contribution in [2.45, 2.75) is 32.0 Å². The van der Waals surface area contributed by atoms with Gasteiger partial charge in [-0.15, -0.1) is 0 Å². The lowest BCUT2D eigenvalue weighted by Crippen LogP contribution is -2.10. The Kier molecular flexibility index (Phi) is 3.21.